The monoisotopic (exact) mass is 411 g/mol. The average molecular weight is 412 g/mol. The first-order valence-electron chi connectivity index (χ1n) is 8.86. The molecule has 0 aliphatic rings. The van der Waals surface area contributed by atoms with Crippen molar-refractivity contribution < 1.29 is 14.0 Å². The average Bonchev–Trinajstić information content (AvgIpc) is 2.74. The summed E-state index contributed by atoms with van der Waals surface area (Å²) >= 11 is 5.98. The zero-order valence-corrected chi connectivity index (χ0v) is 16.4. The molecule has 0 aliphatic heterocycles. The Balaban J connectivity index is 1.70. The molecule has 0 saturated heterocycles. The first-order chi connectivity index (χ1) is 14.0. The van der Waals surface area contributed by atoms with E-state index in [-0.39, 0.29) is 17.5 Å². The molecule has 0 atom stereocenters. The second kappa shape index (κ2) is 9.21. The summed E-state index contributed by atoms with van der Waals surface area (Å²) in [4.78, 5) is 26.7. The van der Waals surface area contributed by atoms with E-state index in [1.807, 2.05) is 30.3 Å². The van der Waals surface area contributed by atoms with Crippen LogP contribution in [-0.2, 0) is 4.79 Å². The predicted molar refractivity (Wildman–Crippen MR) is 114 cm³/mol. The number of amides is 2. The van der Waals surface area contributed by atoms with Crippen molar-refractivity contribution in [2.45, 2.75) is 0 Å². The molecule has 2 N–H and O–H groups in total. The lowest BCUT2D eigenvalue weighted by atomic mass is 10.1. The van der Waals surface area contributed by atoms with E-state index in [1.54, 1.807) is 31.3 Å². The Kier molecular flexibility index (Phi) is 6.46. The smallest absolute Gasteiger partial charge is 0.257 e. The summed E-state index contributed by atoms with van der Waals surface area (Å²) < 4.78 is 13.2. The molecule has 29 heavy (non-hydrogen) atoms. The molecule has 0 radical (unpaired) electrons. The highest BCUT2D eigenvalue weighted by Crippen LogP contribution is 2.24. The quantitative estimate of drug-likeness (QED) is 0.612. The number of nitrogens with one attached hydrogen (secondary N) is 2. The van der Waals surface area contributed by atoms with Crippen LogP contribution in [0.15, 0.2) is 72.8 Å². The van der Waals surface area contributed by atoms with Crippen molar-refractivity contribution in [1.29, 1.82) is 0 Å². The van der Waals surface area contributed by atoms with Gasteiger partial charge in [0.2, 0.25) is 5.91 Å². The fourth-order valence-corrected chi connectivity index (χ4v) is 2.92. The van der Waals surface area contributed by atoms with Gasteiger partial charge in [-0.15, -0.1) is 0 Å². The van der Waals surface area contributed by atoms with E-state index in [0.29, 0.717) is 16.9 Å². The summed E-state index contributed by atoms with van der Waals surface area (Å²) in [5, 5.41) is 5.77. The molecule has 0 bridgehead atoms. The second-order valence-corrected chi connectivity index (χ2v) is 6.67. The first-order valence-corrected chi connectivity index (χ1v) is 9.24. The first kappa shape index (κ1) is 20.4. The normalized spacial score (nSPS) is 10.3. The molecule has 0 unspecified atom stereocenters. The van der Waals surface area contributed by atoms with Gasteiger partial charge in [0.1, 0.15) is 5.82 Å². The molecule has 3 aromatic carbocycles. The Hall–Kier alpha value is -3.38. The van der Waals surface area contributed by atoms with Crippen LogP contribution in [0.25, 0.3) is 0 Å². The van der Waals surface area contributed by atoms with Crippen LogP contribution in [0.1, 0.15) is 10.4 Å². The Bertz CT molecular complexity index is 1030. The van der Waals surface area contributed by atoms with Crippen LogP contribution in [0, 0.1) is 5.82 Å². The third-order valence-corrected chi connectivity index (χ3v) is 4.61. The Morgan fingerprint density at radius 2 is 1.66 bits per heavy atom. The fourth-order valence-electron chi connectivity index (χ4n) is 2.70. The maximum Gasteiger partial charge on any atom is 0.257 e. The van der Waals surface area contributed by atoms with E-state index in [9.17, 15) is 14.0 Å². The van der Waals surface area contributed by atoms with Gasteiger partial charge in [-0.1, -0.05) is 41.9 Å². The third kappa shape index (κ3) is 5.12. The summed E-state index contributed by atoms with van der Waals surface area (Å²) in [7, 11) is 1.69. The van der Waals surface area contributed by atoms with Gasteiger partial charge in [0.05, 0.1) is 22.8 Å². The van der Waals surface area contributed by atoms with Crippen LogP contribution in [-0.4, -0.2) is 25.4 Å². The fraction of sp³-hybridized carbons (Fsp3) is 0.0909. The van der Waals surface area contributed by atoms with Gasteiger partial charge in [-0.05, 0) is 42.5 Å². The van der Waals surface area contributed by atoms with Gasteiger partial charge in [0, 0.05) is 18.4 Å². The minimum atomic E-state index is -0.490. The molecule has 0 saturated carbocycles. The number of nitrogens with zero attached hydrogens (tertiary/aromatic N) is 1. The van der Waals surface area contributed by atoms with E-state index in [4.69, 9.17) is 11.6 Å². The molecule has 148 valence electrons. The minimum Gasteiger partial charge on any atom is -0.375 e. The molecular weight excluding hydrogens is 393 g/mol. The van der Waals surface area contributed by atoms with Crippen LogP contribution >= 0.6 is 11.6 Å². The van der Waals surface area contributed by atoms with E-state index in [2.05, 4.69) is 10.6 Å². The van der Waals surface area contributed by atoms with Gasteiger partial charge in [-0.3, -0.25) is 9.59 Å². The molecule has 0 aliphatic carbocycles. The van der Waals surface area contributed by atoms with Gasteiger partial charge in [-0.2, -0.15) is 0 Å². The Morgan fingerprint density at radius 1 is 0.966 bits per heavy atom. The molecule has 0 aromatic heterocycles. The van der Waals surface area contributed by atoms with Crippen LogP contribution < -0.4 is 15.5 Å². The van der Waals surface area contributed by atoms with Crippen molar-refractivity contribution in [2.24, 2.45) is 0 Å². The maximum absolute atomic E-state index is 13.2. The molecule has 5 nitrogen and oxygen atoms in total. The minimum absolute atomic E-state index is 0.00694. The lowest BCUT2D eigenvalue weighted by Crippen LogP contribution is -2.32. The number of likely N-dealkylation sites (N-methyl/N-ethyl adjacent to an activating group) is 1. The van der Waals surface area contributed by atoms with E-state index in [1.165, 1.54) is 17.0 Å². The number of hydrogen-bond acceptors (Lipinski definition) is 3. The van der Waals surface area contributed by atoms with Crippen molar-refractivity contribution >= 4 is 40.5 Å². The summed E-state index contributed by atoms with van der Waals surface area (Å²) in [6.45, 7) is 0.00694. The molecule has 2 amide bonds. The highest BCUT2D eigenvalue weighted by molar-refractivity contribution is 6.34. The number of halogens is 2. The van der Waals surface area contributed by atoms with Crippen molar-refractivity contribution in [3.63, 3.8) is 0 Å². The standard InChI is InChI=1S/C22H19ClFN3O2/c1-27(16-7-3-2-4-8-16)21(28)14-25-19-10-6-5-9-17(19)22(29)26-20-12-11-15(24)13-18(20)23/h2-13,25H,14H2,1H3,(H,26,29). The molecule has 0 spiro atoms. The zero-order chi connectivity index (χ0) is 20.8. The summed E-state index contributed by atoms with van der Waals surface area (Å²) in [5.74, 6) is -1.07. The van der Waals surface area contributed by atoms with Gasteiger partial charge < -0.3 is 15.5 Å². The van der Waals surface area contributed by atoms with Crippen molar-refractivity contribution in [3.05, 3.63) is 89.2 Å². The summed E-state index contributed by atoms with van der Waals surface area (Å²) in [5.41, 5.74) is 1.91. The third-order valence-electron chi connectivity index (χ3n) is 4.30. The highest BCUT2D eigenvalue weighted by Gasteiger charge is 2.15. The lowest BCUT2D eigenvalue weighted by Gasteiger charge is -2.18. The number of benzene rings is 3. The molecule has 7 heteroatoms. The lowest BCUT2D eigenvalue weighted by molar-refractivity contribution is -0.116. The predicted octanol–water partition coefficient (Wildman–Crippen LogP) is 4.81. The second-order valence-electron chi connectivity index (χ2n) is 6.27. The molecule has 0 heterocycles. The van der Waals surface area contributed by atoms with Crippen LogP contribution in [0.5, 0.6) is 0 Å². The van der Waals surface area contributed by atoms with Crippen molar-refractivity contribution in [1.82, 2.24) is 0 Å². The number of carbonyl (C=O) groups excluding carboxylic acids is 2. The van der Waals surface area contributed by atoms with Crippen LogP contribution in [0.4, 0.5) is 21.5 Å². The number of carbonyl (C=O) groups is 2. The van der Waals surface area contributed by atoms with Crippen molar-refractivity contribution in [3.8, 4) is 0 Å². The van der Waals surface area contributed by atoms with Crippen LogP contribution in [0.2, 0.25) is 5.02 Å². The maximum atomic E-state index is 13.2. The van der Waals surface area contributed by atoms with E-state index < -0.39 is 11.7 Å². The topological polar surface area (TPSA) is 61.4 Å². The number of hydrogen-bond donors (Lipinski definition) is 2. The number of para-hydroxylation sites is 2. The highest BCUT2D eigenvalue weighted by atomic mass is 35.5. The van der Waals surface area contributed by atoms with Gasteiger partial charge >= 0.3 is 0 Å². The molecule has 3 aromatic rings. The molecule has 3 rings (SSSR count). The molecule has 0 fully saturated rings. The summed E-state index contributed by atoms with van der Waals surface area (Å²) in [6.07, 6.45) is 0. The zero-order valence-electron chi connectivity index (χ0n) is 15.7. The Labute approximate surface area is 173 Å². The van der Waals surface area contributed by atoms with Crippen LogP contribution in [0.3, 0.4) is 0 Å². The van der Waals surface area contributed by atoms with Gasteiger partial charge in [0.25, 0.3) is 5.91 Å². The largest absolute Gasteiger partial charge is 0.375 e. The van der Waals surface area contributed by atoms with Gasteiger partial charge in [0.15, 0.2) is 0 Å². The van der Waals surface area contributed by atoms with E-state index in [0.717, 1.165) is 11.8 Å². The number of rotatable bonds is 6. The number of anilines is 3. The Morgan fingerprint density at radius 3 is 2.38 bits per heavy atom. The van der Waals surface area contributed by atoms with Crippen molar-refractivity contribution in [2.75, 3.05) is 29.1 Å². The SMILES string of the molecule is CN(C(=O)CNc1ccccc1C(=O)Nc1ccc(F)cc1Cl)c1ccccc1. The van der Waals surface area contributed by atoms with Gasteiger partial charge in [-0.25, -0.2) is 4.39 Å². The molecular formula is C22H19ClFN3O2. The summed E-state index contributed by atoms with van der Waals surface area (Å²) in [6, 6.07) is 19.8. The van der Waals surface area contributed by atoms with E-state index >= 15 is 0 Å².